The molecule has 11 heteroatoms. The molecule has 0 unspecified atom stereocenters. The Morgan fingerprint density at radius 2 is 1.74 bits per heavy atom. The van der Waals surface area contributed by atoms with Gasteiger partial charge in [-0.2, -0.15) is 22.1 Å². The van der Waals surface area contributed by atoms with Gasteiger partial charge >= 0.3 is 0 Å². The highest BCUT2D eigenvalue weighted by Gasteiger charge is 2.37. The van der Waals surface area contributed by atoms with Gasteiger partial charge in [0.05, 0.1) is 31.1 Å². The molecule has 0 atom stereocenters. The number of fused-ring (bicyclic) bond motifs is 1. The number of piperidine rings is 1. The number of benzene rings is 1. The second-order valence-electron chi connectivity index (χ2n) is 9.06. The largest absolute Gasteiger partial charge is 0.379 e. The van der Waals surface area contributed by atoms with Crippen LogP contribution in [0.5, 0.6) is 0 Å². The molecule has 5 rings (SSSR count). The molecular weight excluding hydrogens is 461 g/mol. The summed E-state index contributed by atoms with van der Waals surface area (Å²) in [6.07, 6.45) is 1.83. The third-order valence-electron chi connectivity index (χ3n) is 6.87. The molecule has 184 valence electrons. The number of carbonyl (C=O) groups is 1. The number of carbonyl (C=O) groups excluding carboxylic acids is 1. The second kappa shape index (κ2) is 9.73. The lowest BCUT2D eigenvalue weighted by Gasteiger charge is -2.36. The quantitative estimate of drug-likeness (QED) is 0.650. The van der Waals surface area contributed by atoms with Gasteiger partial charge in [0.25, 0.3) is 10.2 Å². The fourth-order valence-corrected chi connectivity index (χ4v) is 6.58. The van der Waals surface area contributed by atoms with E-state index < -0.39 is 10.2 Å². The van der Waals surface area contributed by atoms with Gasteiger partial charge in [-0.15, -0.1) is 0 Å². The highest BCUT2D eigenvalue weighted by Crippen LogP contribution is 2.27. The number of morpholine rings is 1. The number of rotatable bonds is 4. The summed E-state index contributed by atoms with van der Waals surface area (Å²) in [6.45, 7) is 4.08. The number of aryl methyl sites for hydroxylation is 1. The maximum atomic E-state index is 13.6. The molecule has 0 aliphatic carbocycles. The first-order valence-corrected chi connectivity index (χ1v) is 13.3. The lowest BCUT2D eigenvalue weighted by molar-refractivity contribution is -0.137. The minimum Gasteiger partial charge on any atom is -0.379 e. The molecule has 0 N–H and O–H groups in total. The van der Waals surface area contributed by atoms with E-state index in [0.717, 1.165) is 12.1 Å². The van der Waals surface area contributed by atoms with Crippen LogP contribution in [0.2, 0.25) is 0 Å². The standard InChI is InChI=1S/C23H30FN5O4S/c24-20-4-1-3-19(15-20)22-16-21-17-26(7-2-8-29(21)25-22)23(30)18-5-9-27(10-6-18)34(31,32)28-11-13-33-14-12-28/h1,3-4,15-16,18H,2,5-14,17H2. The van der Waals surface area contributed by atoms with Gasteiger partial charge in [0.1, 0.15) is 5.82 Å². The fraction of sp³-hybridized carbons (Fsp3) is 0.565. The van der Waals surface area contributed by atoms with Crippen molar-refractivity contribution in [1.82, 2.24) is 23.3 Å². The van der Waals surface area contributed by atoms with Crippen molar-refractivity contribution >= 4 is 16.1 Å². The molecule has 9 nitrogen and oxygen atoms in total. The third kappa shape index (κ3) is 4.74. The molecule has 1 amide bonds. The van der Waals surface area contributed by atoms with E-state index in [1.165, 1.54) is 20.7 Å². The minimum atomic E-state index is -3.51. The number of halogens is 1. The Morgan fingerprint density at radius 1 is 1.00 bits per heavy atom. The van der Waals surface area contributed by atoms with Gasteiger partial charge in [-0.1, -0.05) is 12.1 Å². The Labute approximate surface area is 199 Å². The molecule has 34 heavy (non-hydrogen) atoms. The number of ether oxygens (including phenoxy) is 1. The van der Waals surface area contributed by atoms with Crippen LogP contribution in [0.25, 0.3) is 11.3 Å². The number of aromatic nitrogens is 2. The molecule has 2 aromatic rings. The van der Waals surface area contributed by atoms with Crippen LogP contribution >= 0.6 is 0 Å². The predicted molar refractivity (Wildman–Crippen MR) is 123 cm³/mol. The van der Waals surface area contributed by atoms with Crippen molar-refractivity contribution in [1.29, 1.82) is 0 Å². The monoisotopic (exact) mass is 491 g/mol. The van der Waals surface area contributed by atoms with E-state index >= 15 is 0 Å². The lowest BCUT2D eigenvalue weighted by Crippen LogP contribution is -2.51. The van der Waals surface area contributed by atoms with Crippen molar-refractivity contribution in [2.75, 3.05) is 45.9 Å². The average Bonchev–Trinajstić information content (AvgIpc) is 3.15. The number of nitrogens with zero attached hydrogens (tertiary/aromatic N) is 5. The maximum absolute atomic E-state index is 13.6. The fourth-order valence-electron chi connectivity index (χ4n) is 4.97. The summed E-state index contributed by atoms with van der Waals surface area (Å²) in [6, 6.07) is 8.29. The molecule has 1 aromatic carbocycles. The molecule has 1 aromatic heterocycles. The van der Waals surface area contributed by atoms with Crippen molar-refractivity contribution < 1.29 is 22.3 Å². The Hall–Kier alpha value is -2.34. The van der Waals surface area contributed by atoms with Crippen LogP contribution in [0, 0.1) is 11.7 Å². The van der Waals surface area contributed by atoms with Crippen LogP contribution in [0.15, 0.2) is 30.3 Å². The van der Waals surface area contributed by atoms with Gasteiger partial charge in [-0.05, 0) is 37.5 Å². The molecule has 0 bridgehead atoms. The van der Waals surface area contributed by atoms with Crippen LogP contribution in [-0.4, -0.2) is 83.6 Å². The molecular formula is C23H30FN5O4S. The van der Waals surface area contributed by atoms with Crippen molar-refractivity contribution in [3.63, 3.8) is 0 Å². The van der Waals surface area contributed by atoms with E-state index in [2.05, 4.69) is 5.10 Å². The Bertz CT molecular complexity index is 1140. The van der Waals surface area contributed by atoms with E-state index in [9.17, 15) is 17.6 Å². The molecule has 3 aliphatic heterocycles. The average molecular weight is 492 g/mol. The van der Waals surface area contributed by atoms with Crippen molar-refractivity contribution in [3.8, 4) is 11.3 Å². The number of hydrogen-bond acceptors (Lipinski definition) is 5. The van der Waals surface area contributed by atoms with E-state index in [4.69, 9.17) is 4.74 Å². The van der Waals surface area contributed by atoms with Gasteiger partial charge in [0.2, 0.25) is 5.91 Å². The van der Waals surface area contributed by atoms with Crippen molar-refractivity contribution in [2.24, 2.45) is 5.92 Å². The molecule has 2 fully saturated rings. The number of hydrogen-bond donors (Lipinski definition) is 0. The third-order valence-corrected chi connectivity index (χ3v) is 8.91. The smallest absolute Gasteiger partial charge is 0.282 e. The topological polar surface area (TPSA) is 88.0 Å². The summed E-state index contributed by atoms with van der Waals surface area (Å²) in [5.41, 5.74) is 2.34. The van der Waals surface area contributed by atoms with E-state index in [0.29, 0.717) is 83.1 Å². The van der Waals surface area contributed by atoms with E-state index in [1.54, 1.807) is 6.07 Å². The van der Waals surface area contributed by atoms with Gasteiger partial charge in [0, 0.05) is 50.7 Å². The molecule has 3 aliphatic rings. The zero-order chi connectivity index (χ0) is 23.7. The Kier molecular flexibility index (Phi) is 6.70. The van der Waals surface area contributed by atoms with Gasteiger partial charge in [-0.25, -0.2) is 4.39 Å². The van der Waals surface area contributed by atoms with Crippen molar-refractivity contribution in [2.45, 2.75) is 32.4 Å². The summed E-state index contributed by atoms with van der Waals surface area (Å²) < 4.78 is 49.6. The van der Waals surface area contributed by atoms with Gasteiger partial charge < -0.3 is 9.64 Å². The first kappa shape index (κ1) is 23.4. The summed E-state index contributed by atoms with van der Waals surface area (Å²) in [5.74, 6) is -0.418. The molecule has 0 saturated carbocycles. The lowest BCUT2D eigenvalue weighted by atomic mass is 9.96. The molecule has 0 radical (unpaired) electrons. The zero-order valence-electron chi connectivity index (χ0n) is 19.1. The van der Waals surface area contributed by atoms with Crippen LogP contribution < -0.4 is 0 Å². The zero-order valence-corrected chi connectivity index (χ0v) is 19.9. The summed E-state index contributed by atoms with van der Waals surface area (Å²) in [7, 11) is -3.51. The Balaban J connectivity index is 1.23. The first-order chi connectivity index (χ1) is 16.4. The molecule has 0 spiro atoms. The SMILES string of the molecule is O=C(C1CCN(S(=O)(=O)N2CCOCC2)CC1)N1CCCn2nc(-c3cccc(F)c3)cc2C1. The van der Waals surface area contributed by atoms with Crippen LogP contribution in [0.3, 0.4) is 0 Å². The Morgan fingerprint density at radius 3 is 2.47 bits per heavy atom. The normalized spacial score (nSPS) is 21.3. The summed E-state index contributed by atoms with van der Waals surface area (Å²) in [4.78, 5) is 15.2. The molecule has 2 saturated heterocycles. The second-order valence-corrected chi connectivity index (χ2v) is 11.0. The van der Waals surface area contributed by atoms with E-state index in [-0.39, 0.29) is 17.6 Å². The van der Waals surface area contributed by atoms with E-state index in [1.807, 2.05) is 21.7 Å². The summed E-state index contributed by atoms with van der Waals surface area (Å²) in [5, 5.41) is 4.63. The van der Waals surface area contributed by atoms with Gasteiger partial charge in [0.15, 0.2) is 0 Å². The van der Waals surface area contributed by atoms with Crippen LogP contribution in [0.4, 0.5) is 4.39 Å². The number of amides is 1. The van der Waals surface area contributed by atoms with Crippen molar-refractivity contribution in [3.05, 3.63) is 41.8 Å². The summed E-state index contributed by atoms with van der Waals surface area (Å²) >= 11 is 0. The minimum absolute atomic E-state index is 0.0744. The van der Waals surface area contributed by atoms with Gasteiger partial charge in [-0.3, -0.25) is 9.48 Å². The maximum Gasteiger partial charge on any atom is 0.282 e. The first-order valence-electron chi connectivity index (χ1n) is 11.9. The highest BCUT2D eigenvalue weighted by molar-refractivity contribution is 7.86. The highest BCUT2D eigenvalue weighted by atomic mass is 32.2. The predicted octanol–water partition coefficient (Wildman–Crippen LogP) is 1.71. The van der Waals surface area contributed by atoms with Crippen LogP contribution in [0.1, 0.15) is 25.0 Å². The molecule has 4 heterocycles. The van der Waals surface area contributed by atoms with Crippen LogP contribution in [-0.2, 0) is 32.8 Å².